The van der Waals surface area contributed by atoms with E-state index in [9.17, 15) is 17.3 Å². The van der Waals surface area contributed by atoms with Gasteiger partial charge in [0.2, 0.25) is 0 Å². The summed E-state index contributed by atoms with van der Waals surface area (Å²) in [4.78, 5) is 0. The molecule has 11 heavy (non-hydrogen) atoms. The van der Waals surface area contributed by atoms with Crippen molar-refractivity contribution in [1.82, 2.24) is 0 Å². The molecule has 0 radical (unpaired) electrons. The van der Waals surface area contributed by atoms with E-state index in [4.69, 9.17) is 0 Å². The molecule has 0 saturated heterocycles. The van der Waals surface area contributed by atoms with Crippen molar-refractivity contribution in [3.05, 3.63) is 0 Å². The van der Waals surface area contributed by atoms with E-state index in [0.29, 0.717) is 6.04 Å². The van der Waals surface area contributed by atoms with Crippen LogP contribution in [-0.2, 0) is 0 Å². The van der Waals surface area contributed by atoms with Gasteiger partial charge in [0.15, 0.2) is 0 Å². The van der Waals surface area contributed by atoms with Gasteiger partial charge in [0.1, 0.15) is 0 Å². The van der Waals surface area contributed by atoms with Crippen LogP contribution in [0.2, 0.25) is 0 Å². The van der Waals surface area contributed by atoms with E-state index in [0.717, 1.165) is 0 Å². The Hall–Kier alpha value is -0.255. The lowest BCUT2D eigenvalue weighted by atomic mass is 10.2. The van der Waals surface area contributed by atoms with Crippen molar-refractivity contribution in [1.29, 1.82) is 0 Å². The van der Waals surface area contributed by atoms with E-state index in [2.05, 4.69) is 19.6 Å². The van der Waals surface area contributed by atoms with Crippen LogP contribution in [-0.4, -0.2) is 13.3 Å². The van der Waals surface area contributed by atoms with Crippen molar-refractivity contribution in [3.8, 4) is 0 Å². The Bertz CT molecular complexity index is 77.0. The normalized spacial score (nSPS) is 13.4. The number of hydrogen-bond acceptors (Lipinski definition) is 0. The predicted octanol–water partition coefficient (Wildman–Crippen LogP) is 1.72. The van der Waals surface area contributed by atoms with Gasteiger partial charge in [-0.25, -0.2) is 0 Å². The fourth-order valence-corrected chi connectivity index (χ4v) is 0.493. The molecule has 0 heterocycles. The molecule has 0 aliphatic rings. The Kier molecular flexibility index (Phi) is 7.83. The van der Waals surface area contributed by atoms with Crippen LogP contribution in [0.1, 0.15) is 26.7 Å². The van der Waals surface area contributed by atoms with Gasteiger partial charge in [-0.05, 0) is 13.3 Å². The molecule has 1 atom stereocenters. The molecule has 0 spiro atoms. The summed E-state index contributed by atoms with van der Waals surface area (Å²) in [5, 5.41) is 0. The number of halogens is 4. The molecule has 0 aliphatic carbocycles. The zero-order chi connectivity index (χ0) is 9.49. The Morgan fingerprint density at radius 3 is 1.55 bits per heavy atom. The van der Waals surface area contributed by atoms with Crippen molar-refractivity contribution in [2.45, 2.75) is 32.7 Å². The lowest BCUT2D eigenvalue weighted by molar-refractivity contribution is -0.415. The van der Waals surface area contributed by atoms with Gasteiger partial charge in [-0.3, -0.25) is 0 Å². The van der Waals surface area contributed by atoms with Crippen LogP contribution in [0.3, 0.4) is 0 Å². The second kappa shape index (κ2) is 6.45. The third kappa shape index (κ3) is 77.6. The second-order valence-electron chi connectivity index (χ2n) is 2.39. The Labute approximate surface area is 64.1 Å². The zero-order valence-electron chi connectivity index (χ0n) is 6.79. The molecule has 6 heteroatoms. The largest absolute Gasteiger partial charge is 0.673 e. The monoisotopic (exact) mass is 175 g/mol. The van der Waals surface area contributed by atoms with Gasteiger partial charge in [0, 0.05) is 0 Å². The van der Waals surface area contributed by atoms with Crippen molar-refractivity contribution >= 4 is 7.25 Å². The summed E-state index contributed by atoms with van der Waals surface area (Å²) >= 11 is 0. The maximum atomic E-state index is 9.75. The molecule has 0 aromatic heterocycles. The predicted molar refractivity (Wildman–Crippen MR) is 37.4 cm³/mol. The van der Waals surface area contributed by atoms with Gasteiger partial charge >= 0.3 is 7.25 Å². The van der Waals surface area contributed by atoms with Crippen molar-refractivity contribution in [2.75, 3.05) is 0 Å². The highest BCUT2D eigenvalue weighted by Gasteiger charge is 2.20. The first-order valence-corrected chi connectivity index (χ1v) is 3.47. The molecular weight excluding hydrogens is 161 g/mol. The summed E-state index contributed by atoms with van der Waals surface area (Å²) in [6.45, 7) is 4.32. The summed E-state index contributed by atoms with van der Waals surface area (Å²) in [5.41, 5.74) is 3.83. The fourth-order valence-electron chi connectivity index (χ4n) is 0.493. The molecule has 1 unspecified atom stereocenters. The minimum atomic E-state index is -6.00. The van der Waals surface area contributed by atoms with Gasteiger partial charge in [-0.1, -0.05) is 13.3 Å². The van der Waals surface area contributed by atoms with E-state index in [1.54, 1.807) is 0 Å². The summed E-state index contributed by atoms with van der Waals surface area (Å²) in [7, 11) is -6.00. The van der Waals surface area contributed by atoms with Crippen LogP contribution >= 0.6 is 0 Å². The standard InChI is InChI=1S/C5H13N.BF4/c1-3-4-5(2)6;2-1(3,4)5/h5H,3-4,6H2,1-2H3;/q;-1/p+1. The highest BCUT2D eigenvalue weighted by molar-refractivity contribution is 6.50. The minimum Gasteiger partial charge on any atom is -0.418 e. The van der Waals surface area contributed by atoms with Crippen molar-refractivity contribution in [3.63, 3.8) is 0 Å². The lowest BCUT2D eigenvalue weighted by Crippen LogP contribution is -2.58. The third-order valence-electron chi connectivity index (χ3n) is 0.781. The molecule has 0 amide bonds. The molecule has 0 aromatic rings. The molecule has 3 N–H and O–H groups in total. The first-order valence-electron chi connectivity index (χ1n) is 3.47. The smallest absolute Gasteiger partial charge is 0.418 e. The summed E-state index contributed by atoms with van der Waals surface area (Å²) in [6, 6.07) is 0.648. The molecule has 0 bridgehead atoms. The molecule has 0 fully saturated rings. The van der Waals surface area contributed by atoms with E-state index in [1.807, 2.05) is 0 Å². The van der Waals surface area contributed by atoms with Gasteiger partial charge in [0.05, 0.1) is 6.04 Å². The second-order valence-corrected chi connectivity index (χ2v) is 2.39. The number of quaternary nitrogens is 1. The minimum absolute atomic E-state index is 0.648. The fraction of sp³-hybridized carbons (Fsp3) is 1.00. The summed E-state index contributed by atoms with van der Waals surface area (Å²) in [6.07, 6.45) is 2.53. The molecule has 70 valence electrons. The maximum absolute atomic E-state index is 9.75. The molecule has 0 saturated carbocycles. The van der Waals surface area contributed by atoms with Crippen LogP contribution in [0.5, 0.6) is 0 Å². The SMILES string of the molecule is CCCC(C)[NH3+].F[B-](F)(F)F. The maximum Gasteiger partial charge on any atom is 0.673 e. The molecule has 0 aliphatic heterocycles. The third-order valence-corrected chi connectivity index (χ3v) is 0.781. The average molecular weight is 175 g/mol. The lowest BCUT2D eigenvalue weighted by Gasteiger charge is -1.94. The van der Waals surface area contributed by atoms with E-state index >= 15 is 0 Å². The molecule has 1 nitrogen and oxygen atoms in total. The van der Waals surface area contributed by atoms with E-state index in [1.165, 1.54) is 12.8 Å². The van der Waals surface area contributed by atoms with Gasteiger partial charge in [0.25, 0.3) is 0 Å². The average Bonchev–Trinajstić information content (AvgIpc) is 1.58. The quantitative estimate of drug-likeness (QED) is 0.488. The molecule has 0 rings (SSSR count). The van der Waals surface area contributed by atoms with Crippen molar-refractivity contribution in [2.24, 2.45) is 0 Å². The van der Waals surface area contributed by atoms with Crippen LogP contribution in [0.15, 0.2) is 0 Å². The zero-order valence-corrected chi connectivity index (χ0v) is 6.79. The topological polar surface area (TPSA) is 27.6 Å². The van der Waals surface area contributed by atoms with Gasteiger partial charge < -0.3 is 23.0 Å². The van der Waals surface area contributed by atoms with E-state index in [-0.39, 0.29) is 0 Å². The number of hydrogen-bond donors (Lipinski definition) is 1. The highest BCUT2D eigenvalue weighted by atomic mass is 19.5. The Morgan fingerprint density at radius 1 is 1.27 bits per heavy atom. The van der Waals surface area contributed by atoms with Crippen LogP contribution in [0.25, 0.3) is 0 Å². The van der Waals surface area contributed by atoms with Gasteiger partial charge in [-0.2, -0.15) is 0 Å². The Balaban J connectivity index is 0. The summed E-state index contributed by atoms with van der Waals surface area (Å²) in [5.74, 6) is 0. The van der Waals surface area contributed by atoms with E-state index < -0.39 is 7.25 Å². The first-order chi connectivity index (χ1) is 4.77. The van der Waals surface area contributed by atoms with Crippen LogP contribution in [0, 0.1) is 0 Å². The van der Waals surface area contributed by atoms with Gasteiger partial charge in [-0.15, -0.1) is 0 Å². The summed E-state index contributed by atoms with van der Waals surface area (Å²) < 4.78 is 39.0. The Morgan fingerprint density at radius 2 is 1.55 bits per heavy atom. The first kappa shape index (κ1) is 13.3. The van der Waals surface area contributed by atoms with Crippen LogP contribution in [0.4, 0.5) is 17.3 Å². The highest BCUT2D eigenvalue weighted by Crippen LogP contribution is 2.06. The van der Waals surface area contributed by atoms with Crippen LogP contribution < -0.4 is 5.73 Å². The number of rotatable bonds is 2. The van der Waals surface area contributed by atoms with Crippen molar-refractivity contribution < 1.29 is 23.0 Å². The molecule has 0 aromatic carbocycles. The molecular formula is C5H14BF4N.